The van der Waals surface area contributed by atoms with Crippen molar-refractivity contribution in [2.75, 3.05) is 0 Å². The second kappa shape index (κ2) is 4.60. The fraction of sp³-hybridized carbons (Fsp3) is 0.0714. The van der Waals surface area contributed by atoms with Gasteiger partial charge < -0.3 is 5.73 Å². The summed E-state index contributed by atoms with van der Waals surface area (Å²) in [5, 5.41) is 0.624. The lowest BCUT2D eigenvalue weighted by Gasteiger charge is -2.11. The monoisotopic (exact) mass is 245 g/mol. The molecular weight excluding hydrogens is 234 g/mol. The predicted molar refractivity (Wildman–Crippen MR) is 70.1 cm³/mol. The Morgan fingerprint density at radius 1 is 1.12 bits per heavy atom. The summed E-state index contributed by atoms with van der Waals surface area (Å²) in [7, 11) is 0. The van der Waals surface area contributed by atoms with Crippen LogP contribution < -0.4 is 5.73 Å². The average molecular weight is 246 g/mol. The summed E-state index contributed by atoms with van der Waals surface area (Å²) in [5.74, 6) is -0.445. The lowest BCUT2D eigenvalue weighted by molar-refractivity contribution is 0.100. The molecule has 2 aromatic rings. The second-order valence-electron chi connectivity index (χ2n) is 3.84. The summed E-state index contributed by atoms with van der Waals surface area (Å²) in [6.45, 7) is 1.96. The SMILES string of the molecule is Cc1cccc(Cl)c1-c1ccccc1C(N)=O. The Hall–Kier alpha value is -1.80. The molecular formula is C14H12ClNO. The Morgan fingerprint density at radius 3 is 2.47 bits per heavy atom. The molecule has 1 amide bonds. The van der Waals surface area contributed by atoms with Crippen LogP contribution in [0.2, 0.25) is 5.02 Å². The molecule has 0 saturated carbocycles. The Morgan fingerprint density at radius 2 is 1.82 bits per heavy atom. The third kappa shape index (κ3) is 2.17. The zero-order valence-corrected chi connectivity index (χ0v) is 10.2. The van der Waals surface area contributed by atoms with E-state index in [4.69, 9.17) is 17.3 Å². The van der Waals surface area contributed by atoms with Gasteiger partial charge in [-0.1, -0.05) is 41.9 Å². The van der Waals surface area contributed by atoms with Crippen LogP contribution in [0.15, 0.2) is 42.5 Å². The number of benzene rings is 2. The molecule has 17 heavy (non-hydrogen) atoms. The number of aryl methyl sites for hydroxylation is 1. The highest BCUT2D eigenvalue weighted by Crippen LogP contribution is 2.33. The van der Waals surface area contributed by atoms with Crippen molar-refractivity contribution in [3.8, 4) is 11.1 Å². The van der Waals surface area contributed by atoms with Crippen LogP contribution in [0.25, 0.3) is 11.1 Å². The summed E-state index contributed by atoms with van der Waals surface area (Å²) in [6.07, 6.45) is 0. The number of halogens is 1. The van der Waals surface area contributed by atoms with E-state index in [2.05, 4.69) is 0 Å². The van der Waals surface area contributed by atoms with Crippen molar-refractivity contribution < 1.29 is 4.79 Å². The van der Waals surface area contributed by atoms with E-state index in [1.54, 1.807) is 12.1 Å². The highest BCUT2D eigenvalue weighted by molar-refractivity contribution is 6.33. The smallest absolute Gasteiger partial charge is 0.249 e. The molecule has 0 aliphatic heterocycles. The lowest BCUT2D eigenvalue weighted by Crippen LogP contribution is -2.12. The Labute approximate surface area is 105 Å². The molecule has 2 rings (SSSR count). The molecule has 0 aromatic heterocycles. The first-order chi connectivity index (χ1) is 8.11. The van der Waals surface area contributed by atoms with Gasteiger partial charge in [-0.25, -0.2) is 0 Å². The van der Waals surface area contributed by atoms with Gasteiger partial charge in [-0.2, -0.15) is 0 Å². The third-order valence-corrected chi connectivity index (χ3v) is 3.00. The molecule has 0 radical (unpaired) electrons. The van der Waals surface area contributed by atoms with E-state index in [9.17, 15) is 4.79 Å². The van der Waals surface area contributed by atoms with Crippen molar-refractivity contribution in [3.05, 3.63) is 58.6 Å². The van der Waals surface area contributed by atoms with E-state index in [-0.39, 0.29) is 0 Å². The van der Waals surface area contributed by atoms with Crippen LogP contribution in [0.5, 0.6) is 0 Å². The topological polar surface area (TPSA) is 43.1 Å². The maximum atomic E-state index is 11.4. The average Bonchev–Trinajstić information content (AvgIpc) is 2.29. The van der Waals surface area contributed by atoms with Crippen LogP contribution in [-0.2, 0) is 0 Å². The van der Waals surface area contributed by atoms with Crippen LogP contribution >= 0.6 is 11.6 Å². The van der Waals surface area contributed by atoms with E-state index in [1.807, 2.05) is 37.3 Å². The van der Waals surface area contributed by atoms with Gasteiger partial charge in [0, 0.05) is 16.1 Å². The number of carbonyl (C=O) groups is 1. The number of carbonyl (C=O) groups excluding carboxylic acids is 1. The van der Waals surface area contributed by atoms with Gasteiger partial charge in [0.15, 0.2) is 0 Å². The van der Waals surface area contributed by atoms with Gasteiger partial charge in [-0.05, 0) is 30.2 Å². The minimum absolute atomic E-state index is 0.445. The first-order valence-electron chi connectivity index (χ1n) is 5.25. The number of hydrogen-bond donors (Lipinski definition) is 1. The maximum Gasteiger partial charge on any atom is 0.249 e. The first kappa shape index (κ1) is 11.7. The molecule has 0 heterocycles. The molecule has 3 heteroatoms. The number of rotatable bonds is 2. The van der Waals surface area contributed by atoms with Crippen molar-refractivity contribution in [3.63, 3.8) is 0 Å². The van der Waals surface area contributed by atoms with Crippen LogP contribution in [0, 0.1) is 6.92 Å². The fourth-order valence-corrected chi connectivity index (χ4v) is 2.21. The zero-order chi connectivity index (χ0) is 12.4. The van der Waals surface area contributed by atoms with Crippen LogP contribution in [0.1, 0.15) is 15.9 Å². The highest BCUT2D eigenvalue weighted by Gasteiger charge is 2.13. The minimum atomic E-state index is -0.445. The van der Waals surface area contributed by atoms with Crippen molar-refractivity contribution >= 4 is 17.5 Å². The van der Waals surface area contributed by atoms with Gasteiger partial charge in [0.1, 0.15) is 0 Å². The van der Waals surface area contributed by atoms with E-state index in [0.29, 0.717) is 10.6 Å². The van der Waals surface area contributed by atoms with Gasteiger partial charge in [0.05, 0.1) is 0 Å². The number of amides is 1. The molecule has 86 valence electrons. The molecule has 0 bridgehead atoms. The minimum Gasteiger partial charge on any atom is -0.366 e. The normalized spacial score (nSPS) is 10.2. The van der Waals surface area contributed by atoms with Gasteiger partial charge in [0.2, 0.25) is 5.91 Å². The summed E-state index contributed by atoms with van der Waals surface area (Å²) in [5.41, 5.74) is 8.52. The summed E-state index contributed by atoms with van der Waals surface area (Å²) in [4.78, 5) is 11.4. The zero-order valence-electron chi connectivity index (χ0n) is 9.41. The summed E-state index contributed by atoms with van der Waals surface area (Å²) >= 11 is 6.19. The van der Waals surface area contributed by atoms with Crippen LogP contribution in [-0.4, -0.2) is 5.91 Å². The molecule has 0 spiro atoms. The van der Waals surface area contributed by atoms with E-state index in [0.717, 1.165) is 16.7 Å². The Bertz CT molecular complexity index is 558. The predicted octanol–water partition coefficient (Wildman–Crippen LogP) is 3.41. The number of hydrogen-bond acceptors (Lipinski definition) is 1. The lowest BCUT2D eigenvalue weighted by atomic mass is 9.96. The summed E-state index contributed by atoms with van der Waals surface area (Å²) < 4.78 is 0. The van der Waals surface area contributed by atoms with E-state index in [1.165, 1.54) is 0 Å². The fourth-order valence-electron chi connectivity index (χ4n) is 1.89. The molecule has 0 aliphatic carbocycles. The largest absolute Gasteiger partial charge is 0.366 e. The second-order valence-corrected chi connectivity index (χ2v) is 4.25. The van der Waals surface area contributed by atoms with Crippen molar-refractivity contribution in [2.45, 2.75) is 6.92 Å². The third-order valence-electron chi connectivity index (χ3n) is 2.68. The maximum absolute atomic E-state index is 11.4. The quantitative estimate of drug-likeness (QED) is 0.866. The van der Waals surface area contributed by atoms with Gasteiger partial charge in [-0.15, -0.1) is 0 Å². The number of nitrogens with two attached hydrogens (primary N) is 1. The molecule has 0 unspecified atom stereocenters. The van der Waals surface area contributed by atoms with Crippen LogP contribution in [0.4, 0.5) is 0 Å². The van der Waals surface area contributed by atoms with Gasteiger partial charge in [-0.3, -0.25) is 4.79 Å². The van der Waals surface area contributed by atoms with Gasteiger partial charge >= 0.3 is 0 Å². The summed E-state index contributed by atoms with van der Waals surface area (Å²) in [6, 6.07) is 12.9. The molecule has 0 aliphatic rings. The van der Waals surface area contributed by atoms with Crippen molar-refractivity contribution in [2.24, 2.45) is 5.73 Å². The molecule has 2 N–H and O–H groups in total. The standard InChI is InChI=1S/C14H12ClNO/c1-9-5-4-8-12(15)13(9)10-6-2-3-7-11(10)14(16)17/h2-8H,1H3,(H2,16,17). The van der Waals surface area contributed by atoms with Crippen molar-refractivity contribution in [1.82, 2.24) is 0 Å². The molecule has 2 aromatic carbocycles. The van der Waals surface area contributed by atoms with E-state index < -0.39 is 5.91 Å². The number of primary amides is 1. The Balaban J connectivity index is 2.73. The van der Waals surface area contributed by atoms with Crippen LogP contribution in [0.3, 0.4) is 0 Å². The van der Waals surface area contributed by atoms with E-state index >= 15 is 0 Å². The molecule has 0 atom stereocenters. The first-order valence-corrected chi connectivity index (χ1v) is 5.63. The van der Waals surface area contributed by atoms with Gasteiger partial charge in [0.25, 0.3) is 0 Å². The molecule has 2 nitrogen and oxygen atoms in total. The molecule has 0 saturated heterocycles. The van der Waals surface area contributed by atoms with Crippen molar-refractivity contribution in [1.29, 1.82) is 0 Å². The highest BCUT2D eigenvalue weighted by atomic mass is 35.5. The Kier molecular flexibility index (Phi) is 3.16. The molecule has 0 fully saturated rings.